The Morgan fingerprint density at radius 1 is 1.04 bits per heavy atom. The highest BCUT2D eigenvalue weighted by Gasteiger charge is 2.17. The molecule has 0 saturated carbocycles. The molecule has 0 bridgehead atoms. The molecular weight excluding hydrogens is 308 g/mol. The molecule has 3 nitrogen and oxygen atoms in total. The van der Waals surface area contributed by atoms with Crippen LogP contribution >= 0.6 is 0 Å². The van der Waals surface area contributed by atoms with Gasteiger partial charge in [-0.05, 0) is 29.8 Å². The highest BCUT2D eigenvalue weighted by molar-refractivity contribution is 5.98. The maximum atomic E-state index is 6.24. The van der Waals surface area contributed by atoms with E-state index in [0.29, 0.717) is 0 Å². The van der Waals surface area contributed by atoms with Gasteiger partial charge in [-0.25, -0.2) is 0 Å². The minimum Gasteiger partial charge on any atom is -0.460 e. The predicted molar refractivity (Wildman–Crippen MR) is 102 cm³/mol. The van der Waals surface area contributed by atoms with Crippen molar-refractivity contribution in [1.82, 2.24) is 10.6 Å². The Morgan fingerprint density at radius 2 is 1.96 bits per heavy atom. The minimum atomic E-state index is 0.271. The number of nitrogens with one attached hydrogen (secondary N) is 2. The van der Waals surface area contributed by atoms with Crippen LogP contribution in [0.25, 0.3) is 28.2 Å². The van der Waals surface area contributed by atoms with Crippen LogP contribution in [0.3, 0.4) is 0 Å². The highest BCUT2D eigenvalue weighted by atomic mass is 16.3. The van der Waals surface area contributed by atoms with E-state index < -0.39 is 0 Å². The van der Waals surface area contributed by atoms with Gasteiger partial charge in [-0.2, -0.15) is 0 Å². The summed E-state index contributed by atoms with van der Waals surface area (Å²) in [5, 5.41) is 7.81. The first-order valence-electron chi connectivity index (χ1n) is 8.85. The SMILES string of the molecule is C1=Cc2c(oc3c(-c4ccc(C5C=CNCN5)cc4)cccc23)CC1. The normalized spacial score (nSPS) is 19.0. The van der Waals surface area contributed by atoms with Crippen LogP contribution in [0.5, 0.6) is 0 Å². The van der Waals surface area contributed by atoms with E-state index in [1.807, 2.05) is 6.20 Å². The predicted octanol–water partition coefficient (Wildman–Crippen LogP) is 4.76. The zero-order chi connectivity index (χ0) is 16.6. The van der Waals surface area contributed by atoms with E-state index in [9.17, 15) is 0 Å². The quantitative estimate of drug-likeness (QED) is 0.712. The van der Waals surface area contributed by atoms with Crippen LogP contribution in [-0.4, -0.2) is 6.67 Å². The molecule has 2 aromatic carbocycles. The summed E-state index contributed by atoms with van der Waals surface area (Å²) >= 11 is 0. The first-order valence-corrected chi connectivity index (χ1v) is 8.85. The molecule has 5 rings (SSSR count). The number of hydrogen-bond acceptors (Lipinski definition) is 3. The van der Waals surface area contributed by atoms with Gasteiger partial charge in [0, 0.05) is 22.9 Å². The Balaban J connectivity index is 1.57. The Kier molecular flexibility index (Phi) is 3.46. The molecule has 0 fully saturated rings. The van der Waals surface area contributed by atoms with Gasteiger partial charge in [-0.3, -0.25) is 5.32 Å². The Labute approximate surface area is 147 Å². The van der Waals surface area contributed by atoms with E-state index in [1.54, 1.807) is 0 Å². The molecule has 1 aliphatic carbocycles. The van der Waals surface area contributed by atoms with Gasteiger partial charge in [0.05, 0.1) is 12.7 Å². The highest BCUT2D eigenvalue weighted by Crippen LogP contribution is 2.37. The van der Waals surface area contributed by atoms with Gasteiger partial charge in [0.2, 0.25) is 0 Å². The average molecular weight is 328 g/mol. The third-order valence-corrected chi connectivity index (χ3v) is 5.06. The molecule has 1 aliphatic heterocycles. The van der Waals surface area contributed by atoms with Gasteiger partial charge >= 0.3 is 0 Å². The van der Waals surface area contributed by atoms with Crippen molar-refractivity contribution in [3.8, 4) is 11.1 Å². The van der Waals surface area contributed by atoms with Crippen molar-refractivity contribution in [3.63, 3.8) is 0 Å². The number of rotatable bonds is 2. The lowest BCUT2D eigenvalue weighted by atomic mass is 9.97. The number of allylic oxidation sites excluding steroid dienone is 1. The van der Waals surface area contributed by atoms with E-state index in [2.05, 4.69) is 71.3 Å². The molecule has 25 heavy (non-hydrogen) atoms. The van der Waals surface area contributed by atoms with Gasteiger partial charge in [-0.15, -0.1) is 0 Å². The molecule has 1 unspecified atom stereocenters. The Morgan fingerprint density at radius 3 is 2.80 bits per heavy atom. The van der Waals surface area contributed by atoms with Gasteiger partial charge in [0.25, 0.3) is 0 Å². The number of benzene rings is 2. The molecule has 0 spiro atoms. The van der Waals surface area contributed by atoms with Crippen LogP contribution in [-0.2, 0) is 6.42 Å². The van der Waals surface area contributed by atoms with Gasteiger partial charge < -0.3 is 9.73 Å². The standard InChI is InChI=1S/C22H20N2O/c1-2-7-21-18(4-1)19-6-3-5-17(22(19)25-21)15-8-10-16(11-9-15)20-12-13-23-14-24-20/h1,3-6,8-13,20,23-24H,2,7,14H2. The van der Waals surface area contributed by atoms with Crippen molar-refractivity contribution in [2.24, 2.45) is 0 Å². The molecule has 2 heterocycles. The number of furan rings is 1. The van der Waals surface area contributed by atoms with Crippen molar-refractivity contribution in [2.75, 3.05) is 6.67 Å². The fraction of sp³-hybridized carbons (Fsp3) is 0.182. The molecule has 3 heteroatoms. The lowest BCUT2D eigenvalue weighted by Gasteiger charge is -2.20. The number of aryl methyl sites for hydroxylation is 1. The summed E-state index contributed by atoms with van der Waals surface area (Å²) in [5.74, 6) is 1.12. The summed E-state index contributed by atoms with van der Waals surface area (Å²) < 4.78 is 6.24. The van der Waals surface area contributed by atoms with Gasteiger partial charge in [0.1, 0.15) is 11.3 Å². The Hall–Kier alpha value is -2.78. The van der Waals surface area contributed by atoms with Crippen LogP contribution < -0.4 is 10.6 Å². The maximum Gasteiger partial charge on any atom is 0.142 e. The minimum absolute atomic E-state index is 0.271. The second kappa shape index (κ2) is 5.94. The fourth-order valence-corrected chi connectivity index (χ4v) is 3.76. The molecule has 0 radical (unpaired) electrons. The van der Waals surface area contributed by atoms with Crippen molar-refractivity contribution >= 4 is 17.0 Å². The van der Waals surface area contributed by atoms with E-state index in [1.165, 1.54) is 27.6 Å². The molecule has 0 saturated heterocycles. The third-order valence-electron chi connectivity index (χ3n) is 5.06. The smallest absolute Gasteiger partial charge is 0.142 e. The van der Waals surface area contributed by atoms with E-state index >= 15 is 0 Å². The van der Waals surface area contributed by atoms with Gasteiger partial charge in [0.15, 0.2) is 0 Å². The molecule has 2 N–H and O–H groups in total. The summed E-state index contributed by atoms with van der Waals surface area (Å²) in [7, 11) is 0. The summed E-state index contributed by atoms with van der Waals surface area (Å²) in [6.07, 6.45) is 10.6. The number of hydrogen-bond donors (Lipinski definition) is 2. The molecular formula is C22H20N2O. The van der Waals surface area contributed by atoms with Crippen LogP contribution in [0.4, 0.5) is 0 Å². The fourth-order valence-electron chi connectivity index (χ4n) is 3.76. The molecule has 124 valence electrons. The zero-order valence-corrected chi connectivity index (χ0v) is 14.0. The van der Waals surface area contributed by atoms with Crippen LogP contribution in [0.2, 0.25) is 0 Å². The van der Waals surface area contributed by atoms with E-state index in [0.717, 1.165) is 30.9 Å². The summed E-state index contributed by atoms with van der Waals surface area (Å²) in [5.41, 5.74) is 5.90. The topological polar surface area (TPSA) is 37.2 Å². The van der Waals surface area contributed by atoms with Crippen molar-refractivity contribution in [3.05, 3.63) is 77.7 Å². The van der Waals surface area contributed by atoms with E-state index in [-0.39, 0.29) is 6.04 Å². The zero-order valence-electron chi connectivity index (χ0n) is 14.0. The third kappa shape index (κ3) is 2.48. The lowest BCUT2D eigenvalue weighted by molar-refractivity contribution is 0.547. The van der Waals surface area contributed by atoms with E-state index in [4.69, 9.17) is 4.42 Å². The first-order chi connectivity index (χ1) is 12.4. The second-order valence-electron chi connectivity index (χ2n) is 6.61. The monoisotopic (exact) mass is 328 g/mol. The first kappa shape index (κ1) is 14.6. The Bertz CT molecular complexity index is 979. The molecule has 1 atom stereocenters. The number of para-hydroxylation sites is 1. The second-order valence-corrected chi connectivity index (χ2v) is 6.61. The van der Waals surface area contributed by atoms with Gasteiger partial charge in [-0.1, -0.05) is 54.6 Å². The lowest BCUT2D eigenvalue weighted by Crippen LogP contribution is -2.32. The molecule has 3 aromatic rings. The van der Waals surface area contributed by atoms with Crippen LogP contribution in [0.15, 0.2) is 65.2 Å². The summed E-state index contributed by atoms with van der Waals surface area (Å²) in [4.78, 5) is 0. The number of fused-ring (bicyclic) bond motifs is 3. The van der Waals surface area contributed by atoms with Crippen molar-refractivity contribution < 1.29 is 4.42 Å². The molecule has 0 amide bonds. The van der Waals surface area contributed by atoms with Crippen molar-refractivity contribution in [2.45, 2.75) is 18.9 Å². The largest absolute Gasteiger partial charge is 0.460 e. The van der Waals surface area contributed by atoms with Crippen molar-refractivity contribution in [1.29, 1.82) is 0 Å². The molecule has 2 aliphatic rings. The van der Waals surface area contributed by atoms with Crippen LogP contribution in [0, 0.1) is 0 Å². The van der Waals surface area contributed by atoms with Crippen LogP contribution in [0.1, 0.15) is 29.3 Å². The average Bonchev–Trinajstić information content (AvgIpc) is 3.08. The maximum absolute atomic E-state index is 6.24. The summed E-state index contributed by atoms with van der Waals surface area (Å²) in [6, 6.07) is 15.5. The summed E-state index contributed by atoms with van der Waals surface area (Å²) in [6.45, 7) is 0.799. The molecule has 1 aromatic heterocycles.